The summed E-state index contributed by atoms with van der Waals surface area (Å²) in [4.78, 5) is 15.2. The fraction of sp³-hybridized carbons (Fsp3) is 0.250. The van der Waals surface area contributed by atoms with Gasteiger partial charge < -0.3 is 9.64 Å². The van der Waals surface area contributed by atoms with Gasteiger partial charge in [-0.1, -0.05) is 18.2 Å². The Hall–Kier alpha value is -2.20. The van der Waals surface area contributed by atoms with Crippen molar-refractivity contribution in [3.05, 3.63) is 65.2 Å². The highest BCUT2D eigenvalue weighted by Gasteiger charge is 2.11. The van der Waals surface area contributed by atoms with Gasteiger partial charge in [-0.2, -0.15) is 0 Å². The maximum absolute atomic E-state index is 12.3. The van der Waals surface area contributed by atoms with E-state index in [-0.39, 0.29) is 5.91 Å². The van der Waals surface area contributed by atoms with Crippen LogP contribution in [0.3, 0.4) is 0 Å². The Morgan fingerprint density at radius 1 is 1.25 bits per heavy atom. The predicted octanol–water partition coefficient (Wildman–Crippen LogP) is 4.02. The predicted molar refractivity (Wildman–Crippen MR) is 99.4 cm³/mol. The molecule has 0 aromatic heterocycles. The molecule has 24 heavy (non-hydrogen) atoms. The molecule has 0 saturated carbocycles. The van der Waals surface area contributed by atoms with Crippen LogP contribution in [0, 0.1) is 0 Å². The van der Waals surface area contributed by atoms with Crippen molar-refractivity contribution in [1.29, 1.82) is 0 Å². The first-order valence-corrected chi connectivity index (χ1v) is 9.20. The molecule has 3 rings (SSSR count). The number of amides is 1. The molecule has 0 radical (unpaired) electrons. The van der Waals surface area contributed by atoms with E-state index in [0.29, 0.717) is 6.54 Å². The van der Waals surface area contributed by atoms with Crippen LogP contribution in [0.5, 0.6) is 5.75 Å². The summed E-state index contributed by atoms with van der Waals surface area (Å²) in [6.07, 6.45) is 6.50. The van der Waals surface area contributed by atoms with Crippen molar-refractivity contribution in [1.82, 2.24) is 4.90 Å². The van der Waals surface area contributed by atoms with Gasteiger partial charge in [0.1, 0.15) is 5.75 Å². The van der Waals surface area contributed by atoms with Gasteiger partial charge in [0.15, 0.2) is 0 Å². The van der Waals surface area contributed by atoms with Crippen molar-refractivity contribution in [3.8, 4) is 5.75 Å². The highest BCUT2D eigenvalue weighted by atomic mass is 32.2. The number of hydrogen-bond donors (Lipinski definition) is 0. The van der Waals surface area contributed by atoms with Crippen molar-refractivity contribution in [2.45, 2.75) is 17.9 Å². The summed E-state index contributed by atoms with van der Waals surface area (Å²) < 4.78 is 5.50. The Morgan fingerprint density at radius 2 is 2.04 bits per heavy atom. The summed E-state index contributed by atoms with van der Waals surface area (Å²) in [5, 5.41) is 0. The molecule has 0 saturated heterocycles. The summed E-state index contributed by atoms with van der Waals surface area (Å²) >= 11 is 1.72. The molecule has 3 nitrogen and oxygen atoms in total. The first-order valence-electron chi connectivity index (χ1n) is 7.97. The standard InChI is InChI=1S/C20H21NO2S/c1-21(14-16-3-7-18(24-2)8-4-16)20(22)10-6-15-5-9-19-17(13-15)11-12-23-19/h3-10,13H,11-12,14H2,1-2H3/b10-6+. The van der Waals surface area contributed by atoms with Gasteiger partial charge in [0.05, 0.1) is 6.61 Å². The zero-order valence-electron chi connectivity index (χ0n) is 14.0. The van der Waals surface area contributed by atoms with E-state index >= 15 is 0 Å². The van der Waals surface area contributed by atoms with E-state index in [1.807, 2.05) is 25.3 Å². The number of carbonyl (C=O) groups is 1. The molecule has 0 bridgehead atoms. The van der Waals surface area contributed by atoms with Gasteiger partial charge in [0, 0.05) is 31.0 Å². The minimum absolute atomic E-state index is 0.000640. The molecule has 0 unspecified atom stereocenters. The smallest absolute Gasteiger partial charge is 0.246 e. The van der Waals surface area contributed by atoms with Gasteiger partial charge in [-0.15, -0.1) is 11.8 Å². The molecule has 1 heterocycles. The molecule has 0 fully saturated rings. The van der Waals surface area contributed by atoms with Crippen molar-refractivity contribution in [2.24, 2.45) is 0 Å². The number of rotatable bonds is 5. The van der Waals surface area contributed by atoms with Crippen LogP contribution in [0.1, 0.15) is 16.7 Å². The third-order valence-electron chi connectivity index (χ3n) is 4.09. The van der Waals surface area contributed by atoms with E-state index in [1.165, 1.54) is 10.5 Å². The topological polar surface area (TPSA) is 29.5 Å². The number of ether oxygens (including phenoxy) is 1. The van der Waals surface area contributed by atoms with Gasteiger partial charge in [0.25, 0.3) is 0 Å². The highest BCUT2D eigenvalue weighted by molar-refractivity contribution is 7.98. The molecule has 0 N–H and O–H groups in total. The van der Waals surface area contributed by atoms with Crippen molar-refractivity contribution >= 4 is 23.7 Å². The van der Waals surface area contributed by atoms with Crippen LogP contribution in [0.2, 0.25) is 0 Å². The zero-order valence-corrected chi connectivity index (χ0v) is 14.8. The number of hydrogen-bond acceptors (Lipinski definition) is 3. The molecule has 4 heteroatoms. The number of carbonyl (C=O) groups excluding carboxylic acids is 1. The van der Waals surface area contributed by atoms with E-state index in [4.69, 9.17) is 4.74 Å². The number of thioether (sulfide) groups is 1. The van der Waals surface area contributed by atoms with E-state index in [2.05, 4.69) is 36.6 Å². The Kier molecular flexibility index (Phi) is 5.26. The molecular formula is C20H21NO2S. The lowest BCUT2D eigenvalue weighted by molar-refractivity contribution is -0.125. The molecule has 0 atom stereocenters. The monoisotopic (exact) mass is 339 g/mol. The summed E-state index contributed by atoms with van der Waals surface area (Å²) in [7, 11) is 1.83. The summed E-state index contributed by atoms with van der Waals surface area (Å²) in [5.74, 6) is 0.963. The maximum atomic E-state index is 12.3. The fourth-order valence-electron chi connectivity index (χ4n) is 2.69. The quantitative estimate of drug-likeness (QED) is 0.609. The molecular weight excluding hydrogens is 318 g/mol. The molecule has 0 aliphatic carbocycles. The highest BCUT2D eigenvalue weighted by Crippen LogP contribution is 2.26. The second kappa shape index (κ2) is 7.58. The van der Waals surface area contributed by atoms with Gasteiger partial charge in [0.2, 0.25) is 5.91 Å². The average Bonchev–Trinajstić information content (AvgIpc) is 3.08. The first kappa shape index (κ1) is 16.7. The molecule has 124 valence electrons. The fourth-order valence-corrected chi connectivity index (χ4v) is 3.10. The first-order chi connectivity index (χ1) is 11.7. The van der Waals surface area contributed by atoms with Crippen LogP contribution in [0.15, 0.2) is 53.4 Å². The molecule has 0 spiro atoms. The van der Waals surface area contributed by atoms with Gasteiger partial charge in [-0.05, 0) is 53.3 Å². The lowest BCUT2D eigenvalue weighted by atomic mass is 10.1. The lowest BCUT2D eigenvalue weighted by Gasteiger charge is -2.15. The van der Waals surface area contributed by atoms with Crippen LogP contribution >= 0.6 is 11.8 Å². The van der Waals surface area contributed by atoms with Crippen molar-refractivity contribution < 1.29 is 9.53 Å². The molecule has 1 aliphatic heterocycles. The number of fused-ring (bicyclic) bond motifs is 1. The van der Waals surface area contributed by atoms with Crippen LogP contribution in [0.4, 0.5) is 0 Å². The largest absolute Gasteiger partial charge is 0.493 e. The number of likely N-dealkylation sites (N-methyl/N-ethyl adjacent to an activating group) is 1. The Bertz CT molecular complexity index is 753. The van der Waals surface area contributed by atoms with Crippen LogP contribution in [0.25, 0.3) is 6.08 Å². The van der Waals surface area contributed by atoms with Crippen LogP contribution in [-0.2, 0) is 17.8 Å². The molecule has 2 aromatic carbocycles. The van der Waals surface area contributed by atoms with Gasteiger partial charge in [-0.25, -0.2) is 0 Å². The molecule has 1 aliphatic rings. The lowest BCUT2D eigenvalue weighted by Crippen LogP contribution is -2.24. The summed E-state index contributed by atoms with van der Waals surface area (Å²) in [5.41, 5.74) is 3.38. The second-order valence-corrected chi connectivity index (χ2v) is 6.72. The van der Waals surface area contributed by atoms with E-state index in [0.717, 1.165) is 29.9 Å². The van der Waals surface area contributed by atoms with E-state index < -0.39 is 0 Å². The summed E-state index contributed by atoms with van der Waals surface area (Å²) in [6, 6.07) is 14.4. The second-order valence-electron chi connectivity index (χ2n) is 5.84. The van der Waals surface area contributed by atoms with Crippen LogP contribution < -0.4 is 4.74 Å². The third-order valence-corrected chi connectivity index (χ3v) is 4.83. The Morgan fingerprint density at radius 3 is 2.79 bits per heavy atom. The van der Waals surface area contributed by atoms with Crippen molar-refractivity contribution in [3.63, 3.8) is 0 Å². The summed E-state index contributed by atoms with van der Waals surface area (Å²) in [6.45, 7) is 1.36. The average molecular weight is 339 g/mol. The van der Waals surface area contributed by atoms with E-state index in [9.17, 15) is 4.79 Å². The SMILES string of the molecule is CSc1ccc(CN(C)C(=O)/C=C/c2ccc3c(c2)CCO3)cc1. The minimum atomic E-state index is 0.000640. The Balaban J connectivity index is 1.60. The van der Waals surface area contributed by atoms with Crippen molar-refractivity contribution in [2.75, 3.05) is 19.9 Å². The van der Waals surface area contributed by atoms with Crippen LogP contribution in [-0.4, -0.2) is 30.7 Å². The zero-order chi connectivity index (χ0) is 16.9. The normalized spacial score (nSPS) is 12.9. The number of nitrogens with zero attached hydrogens (tertiary/aromatic N) is 1. The molecule has 1 amide bonds. The minimum Gasteiger partial charge on any atom is -0.493 e. The van der Waals surface area contributed by atoms with Gasteiger partial charge >= 0.3 is 0 Å². The van der Waals surface area contributed by atoms with Gasteiger partial charge in [-0.3, -0.25) is 4.79 Å². The Labute approximate surface area is 147 Å². The third kappa shape index (κ3) is 4.01. The number of benzene rings is 2. The maximum Gasteiger partial charge on any atom is 0.246 e. The van der Waals surface area contributed by atoms with E-state index in [1.54, 1.807) is 22.7 Å². The molecule has 2 aromatic rings.